The predicted molar refractivity (Wildman–Crippen MR) is 108 cm³/mol. The van der Waals surface area contributed by atoms with Crippen LogP contribution in [0.5, 0.6) is 0 Å². The number of aromatic nitrogens is 2. The zero-order valence-electron chi connectivity index (χ0n) is 16.3. The SMILES string of the molecule is Cc1noc2nc(C(C)C)cc(C(=O)Nc3ccc(Cl)c(C(=O)N(C)C)c3)c12. The van der Waals surface area contributed by atoms with Gasteiger partial charge in [-0.05, 0) is 37.1 Å². The van der Waals surface area contributed by atoms with Gasteiger partial charge in [0.1, 0.15) is 0 Å². The van der Waals surface area contributed by atoms with Crippen LogP contribution >= 0.6 is 11.6 Å². The lowest BCUT2D eigenvalue weighted by molar-refractivity contribution is 0.0827. The van der Waals surface area contributed by atoms with Gasteiger partial charge in [-0.3, -0.25) is 9.59 Å². The van der Waals surface area contributed by atoms with Crippen LogP contribution in [-0.4, -0.2) is 41.0 Å². The van der Waals surface area contributed by atoms with E-state index in [0.717, 1.165) is 5.69 Å². The quantitative estimate of drug-likeness (QED) is 0.706. The molecule has 0 aliphatic heterocycles. The summed E-state index contributed by atoms with van der Waals surface area (Å²) in [7, 11) is 3.28. The van der Waals surface area contributed by atoms with Gasteiger partial charge in [-0.25, -0.2) is 4.98 Å². The number of benzene rings is 1. The van der Waals surface area contributed by atoms with Crippen molar-refractivity contribution in [1.29, 1.82) is 0 Å². The molecule has 0 aliphatic rings. The van der Waals surface area contributed by atoms with Gasteiger partial charge < -0.3 is 14.7 Å². The van der Waals surface area contributed by atoms with Crippen molar-refractivity contribution in [2.75, 3.05) is 19.4 Å². The van der Waals surface area contributed by atoms with Crippen LogP contribution in [0.15, 0.2) is 28.8 Å². The molecule has 0 saturated heterocycles. The highest BCUT2D eigenvalue weighted by Gasteiger charge is 2.21. The molecule has 146 valence electrons. The zero-order valence-corrected chi connectivity index (χ0v) is 17.1. The lowest BCUT2D eigenvalue weighted by Gasteiger charge is -2.14. The number of fused-ring (bicyclic) bond motifs is 1. The van der Waals surface area contributed by atoms with E-state index in [-0.39, 0.29) is 17.7 Å². The third-order valence-corrected chi connectivity index (χ3v) is 4.66. The lowest BCUT2D eigenvalue weighted by atomic mass is 10.0. The van der Waals surface area contributed by atoms with E-state index >= 15 is 0 Å². The Bertz CT molecular complexity index is 1070. The summed E-state index contributed by atoms with van der Waals surface area (Å²) in [6.07, 6.45) is 0. The number of carbonyl (C=O) groups is 2. The molecular formula is C20H21ClN4O3. The number of hydrogen-bond acceptors (Lipinski definition) is 5. The number of aryl methyl sites for hydroxylation is 1. The number of amides is 2. The van der Waals surface area contributed by atoms with E-state index < -0.39 is 0 Å². The van der Waals surface area contributed by atoms with E-state index in [2.05, 4.69) is 15.5 Å². The first-order chi connectivity index (χ1) is 13.2. The monoisotopic (exact) mass is 400 g/mol. The number of rotatable bonds is 4. The molecule has 2 amide bonds. The van der Waals surface area contributed by atoms with Crippen molar-refractivity contribution < 1.29 is 14.1 Å². The molecule has 28 heavy (non-hydrogen) atoms. The van der Waals surface area contributed by atoms with Crippen molar-refractivity contribution in [1.82, 2.24) is 15.0 Å². The average molecular weight is 401 g/mol. The first-order valence-electron chi connectivity index (χ1n) is 8.78. The summed E-state index contributed by atoms with van der Waals surface area (Å²) in [5.41, 5.74) is 2.84. The van der Waals surface area contributed by atoms with Crippen LogP contribution in [0.4, 0.5) is 5.69 Å². The molecule has 0 bridgehead atoms. The van der Waals surface area contributed by atoms with Gasteiger partial charge in [-0.1, -0.05) is 30.6 Å². The Labute approximate surface area is 167 Å². The van der Waals surface area contributed by atoms with Crippen molar-refractivity contribution in [3.05, 3.63) is 51.8 Å². The molecule has 0 fully saturated rings. The number of halogens is 1. The number of pyridine rings is 1. The van der Waals surface area contributed by atoms with Crippen LogP contribution in [0.25, 0.3) is 11.1 Å². The Morgan fingerprint density at radius 1 is 1.18 bits per heavy atom. The van der Waals surface area contributed by atoms with E-state index in [9.17, 15) is 9.59 Å². The highest BCUT2D eigenvalue weighted by molar-refractivity contribution is 6.34. The molecule has 0 saturated carbocycles. The van der Waals surface area contributed by atoms with E-state index in [1.54, 1.807) is 45.3 Å². The van der Waals surface area contributed by atoms with E-state index in [0.29, 0.717) is 38.6 Å². The topological polar surface area (TPSA) is 88.3 Å². The molecule has 2 aromatic heterocycles. The fraction of sp³-hybridized carbons (Fsp3) is 0.300. The van der Waals surface area contributed by atoms with Crippen LogP contribution < -0.4 is 5.32 Å². The molecule has 3 aromatic rings. The molecule has 0 radical (unpaired) electrons. The number of carbonyl (C=O) groups excluding carboxylic acids is 2. The number of nitrogens with zero attached hydrogens (tertiary/aromatic N) is 3. The second-order valence-corrected chi connectivity index (χ2v) is 7.45. The van der Waals surface area contributed by atoms with Gasteiger partial charge in [0, 0.05) is 25.5 Å². The van der Waals surface area contributed by atoms with Crippen LogP contribution in [0.1, 0.15) is 51.9 Å². The molecule has 1 N–H and O–H groups in total. The Morgan fingerprint density at radius 2 is 1.89 bits per heavy atom. The van der Waals surface area contributed by atoms with Gasteiger partial charge in [-0.15, -0.1) is 0 Å². The fourth-order valence-corrected chi connectivity index (χ4v) is 2.99. The molecule has 8 heteroatoms. The Morgan fingerprint density at radius 3 is 2.54 bits per heavy atom. The summed E-state index contributed by atoms with van der Waals surface area (Å²) in [5, 5.41) is 7.65. The first kappa shape index (κ1) is 19.8. The van der Waals surface area contributed by atoms with Crippen molar-refractivity contribution in [2.45, 2.75) is 26.7 Å². The largest absolute Gasteiger partial charge is 0.345 e. The van der Waals surface area contributed by atoms with Gasteiger partial charge in [-0.2, -0.15) is 0 Å². The van der Waals surface area contributed by atoms with E-state index in [4.69, 9.17) is 16.1 Å². The van der Waals surface area contributed by atoms with Crippen molar-refractivity contribution in [3.63, 3.8) is 0 Å². The summed E-state index contributed by atoms with van der Waals surface area (Å²) in [6, 6.07) is 6.54. The van der Waals surface area contributed by atoms with Crippen LogP contribution in [0.2, 0.25) is 5.02 Å². The Kier molecular flexibility index (Phi) is 5.38. The second kappa shape index (κ2) is 7.59. The molecule has 1 aromatic carbocycles. The van der Waals surface area contributed by atoms with Crippen LogP contribution in [0, 0.1) is 6.92 Å². The normalized spacial score (nSPS) is 11.1. The maximum atomic E-state index is 13.0. The third kappa shape index (κ3) is 3.71. The van der Waals surface area contributed by atoms with E-state index in [1.807, 2.05) is 13.8 Å². The Hall–Kier alpha value is -2.93. The summed E-state index contributed by atoms with van der Waals surface area (Å²) >= 11 is 6.14. The zero-order chi connectivity index (χ0) is 20.6. The van der Waals surface area contributed by atoms with Gasteiger partial charge in [0.2, 0.25) is 0 Å². The molecule has 2 heterocycles. The lowest BCUT2D eigenvalue weighted by Crippen LogP contribution is -2.22. The fourth-order valence-electron chi connectivity index (χ4n) is 2.79. The van der Waals surface area contributed by atoms with Gasteiger partial charge in [0.25, 0.3) is 17.5 Å². The summed E-state index contributed by atoms with van der Waals surface area (Å²) in [4.78, 5) is 31.2. The highest BCUT2D eigenvalue weighted by atomic mass is 35.5. The summed E-state index contributed by atoms with van der Waals surface area (Å²) < 4.78 is 5.26. The minimum Gasteiger partial charge on any atom is -0.345 e. The minimum absolute atomic E-state index is 0.112. The van der Waals surface area contributed by atoms with Crippen LogP contribution in [0.3, 0.4) is 0 Å². The first-order valence-corrected chi connectivity index (χ1v) is 9.16. The predicted octanol–water partition coefficient (Wildman–Crippen LogP) is 4.26. The Balaban J connectivity index is 2.01. The molecular weight excluding hydrogens is 380 g/mol. The highest BCUT2D eigenvalue weighted by Crippen LogP contribution is 2.27. The molecule has 0 aliphatic carbocycles. The van der Waals surface area contributed by atoms with Gasteiger partial charge >= 0.3 is 0 Å². The number of nitrogens with one attached hydrogen (secondary N) is 1. The molecule has 3 rings (SSSR count). The molecule has 0 unspecified atom stereocenters. The van der Waals surface area contributed by atoms with Crippen LogP contribution in [-0.2, 0) is 0 Å². The smallest absolute Gasteiger partial charge is 0.259 e. The minimum atomic E-state index is -0.342. The van der Waals surface area contributed by atoms with Crippen molar-refractivity contribution in [3.8, 4) is 0 Å². The summed E-state index contributed by atoms with van der Waals surface area (Å²) in [6.45, 7) is 5.73. The number of hydrogen-bond donors (Lipinski definition) is 1. The van der Waals surface area contributed by atoms with Crippen molar-refractivity contribution in [2.24, 2.45) is 0 Å². The van der Waals surface area contributed by atoms with Crippen molar-refractivity contribution >= 4 is 40.2 Å². The maximum Gasteiger partial charge on any atom is 0.259 e. The maximum absolute atomic E-state index is 13.0. The summed E-state index contributed by atoms with van der Waals surface area (Å²) in [5.74, 6) is -0.475. The molecule has 0 spiro atoms. The van der Waals surface area contributed by atoms with Gasteiger partial charge in [0.05, 0.1) is 27.2 Å². The molecule has 7 nitrogen and oxygen atoms in total. The third-order valence-electron chi connectivity index (χ3n) is 4.33. The standard InChI is InChI=1S/C20H21ClN4O3/c1-10(2)16-9-14(17-11(3)24-28-19(17)23-16)18(26)22-12-6-7-15(21)13(8-12)20(27)25(4)5/h6-10H,1-5H3,(H,22,26). The van der Waals surface area contributed by atoms with E-state index in [1.165, 1.54) is 4.90 Å². The average Bonchev–Trinajstić information content (AvgIpc) is 3.02. The second-order valence-electron chi connectivity index (χ2n) is 7.05. The number of anilines is 1. The molecule has 0 atom stereocenters. The van der Waals surface area contributed by atoms with Gasteiger partial charge in [0.15, 0.2) is 0 Å².